The van der Waals surface area contributed by atoms with Gasteiger partial charge in [0.1, 0.15) is 6.04 Å². The molecule has 1 aromatic rings. The molecule has 0 bridgehead atoms. The summed E-state index contributed by atoms with van der Waals surface area (Å²) in [4.78, 5) is 11.9. The van der Waals surface area contributed by atoms with E-state index >= 15 is 0 Å². The van der Waals surface area contributed by atoms with E-state index < -0.39 is 16.1 Å². The molecule has 104 valence electrons. The first-order valence-electron chi connectivity index (χ1n) is 5.96. The highest BCUT2D eigenvalue weighted by atomic mass is 35.5. The molecule has 1 N–H and O–H groups in total. The standard InChI is InChI=1S/C12H15ClN2O3S/c1-14-12(16)11-3-2-8-15(11)19(17,18)10-6-4-9(13)5-7-10/h4-7,11H,2-3,8H2,1H3,(H,14,16)/t11-/m1/s1. The number of amides is 1. The molecule has 5 nitrogen and oxygen atoms in total. The van der Waals surface area contributed by atoms with Crippen LogP contribution in [-0.2, 0) is 14.8 Å². The number of carbonyl (C=O) groups is 1. The van der Waals surface area contributed by atoms with Crippen molar-refractivity contribution in [3.05, 3.63) is 29.3 Å². The molecule has 1 atom stereocenters. The van der Waals surface area contributed by atoms with Crippen LogP contribution in [-0.4, -0.2) is 38.3 Å². The van der Waals surface area contributed by atoms with Crippen LogP contribution in [0.15, 0.2) is 29.2 Å². The van der Waals surface area contributed by atoms with Gasteiger partial charge in [0.05, 0.1) is 4.90 Å². The Labute approximate surface area is 117 Å². The third-order valence-corrected chi connectivity index (χ3v) is 5.35. The number of nitrogens with one attached hydrogen (secondary N) is 1. The quantitative estimate of drug-likeness (QED) is 0.913. The first-order valence-corrected chi connectivity index (χ1v) is 7.77. The van der Waals surface area contributed by atoms with Crippen LogP contribution < -0.4 is 5.32 Å². The second-order valence-corrected chi connectivity index (χ2v) is 6.67. The predicted molar refractivity (Wildman–Crippen MR) is 72.4 cm³/mol. The highest BCUT2D eigenvalue weighted by molar-refractivity contribution is 7.89. The van der Waals surface area contributed by atoms with Gasteiger partial charge in [-0.2, -0.15) is 4.31 Å². The Kier molecular flexibility index (Phi) is 4.13. The second kappa shape index (κ2) is 5.48. The highest BCUT2D eigenvalue weighted by Crippen LogP contribution is 2.26. The maximum absolute atomic E-state index is 12.5. The summed E-state index contributed by atoms with van der Waals surface area (Å²) in [6.07, 6.45) is 1.23. The number of likely N-dealkylation sites (N-methyl/N-ethyl adjacent to an activating group) is 1. The van der Waals surface area contributed by atoms with Crippen molar-refractivity contribution in [1.82, 2.24) is 9.62 Å². The number of hydrogen-bond acceptors (Lipinski definition) is 3. The summed E-state index contributed by atoms with van der Waals surface area (Å²) in [7, 11) is -2.14. The Hall–Kier alpha value is -1.11. The van der Waals surface area contributed by atoms with E-state index in [4.69, 9.17) is 11.6 Å². The third-order valence-electron chi connectivity index (χ3n) is 3.17. The van der Waals surface area contributed by atoms with Gasteiger partial charge in [-0.1, -0.05) is 11.6 Å². The number of carbonyl (C=O) groups excluding carboxylic acids is 1. The van der Waals surface area contributed by atoms with E-state index in [0.717, 1.165) is 0 Å². The monoisotopic (exact) mass is 302 g/mol. The van der Waals surface area contributed by atoms with Gasteiger partial charge >= 0.3 is 0 Å². The zero-order valence-electron chi connectivity index (χ0n) is 10.5. The van der Waals surface area contributed by atoms with Gasteiger partial charge in [-0.15, -0.1) is 0 Å². The van der Waals surface area contributed by atoms with Crippen LogP contribution in [0.4, 0.5) is 0 Å². The molecule has 1 heterocycles. The van der Waals surface area contributed by atoms with Gasteiger partial charge in [0, 0.05) is 18.6 Å². The van der Waals surface area contributed by atoms with Gasteiger partial charge in [0.2, 0.25) is 15.9 Å². The molecule has 2 rings (SSSR count). The number of benzene rings is 1. The lowest BCUT2D eigenvalue weighted by atomic mass is 10.2. The molecule has 1 saturated heterocycles. The molecule has 19 heavy (non-hydrogen) atoms. The number of halogens is 1. The van der Waals surface area contributed by atoms with E-state index in [-0.39, 0.29) is 10.8 Å². The van der Waals surface area contributed by atoms with Gasteiger partial charge in [0.25, 0.3) is 0 Å². The number of hydrogen-bond donors (Lipinski definition) is 1. The van der Waals surface area contributed by atoms with Gasteiger partial charge in [0.15, 0.2) is 0 Å². The van der Waals surface area contributed by atoms with Crippen molar-refractivity contribution in [2.45, 2.75) is 23.8 Å². The fourth-order valence-corrected chi connectivity index (χ4v) is 3.98. The Morgan fingerprint density at radius 1 is 1.37 bits per heavy atom. The summed E-state index contributed by atoms with van der Waals surface area (Å²) in [6, 6.07) is 5.35. The summed E-state index contributed by atoms with van der Waals surface area (Å²) < 4.78 is 26.2. The van der Waals surface area contributed by atoms with Crippen LogP contribution in [0.2, 0.25) is 5.02 Å². The fourth-order valence-electron chi connectivity index (χ4n) is 2.20. The van der Waals surface area contributed by atoms with Gasteiger partial charge in [-0.05, 0) is 37.1 Å². The van der Waals surface area contributed by atoms with Crippen molar-refractivity contribution in [2.24, 2.45) is 0 Å². The van der Waals surface area contributed by atoms with Crippen molar-refractivity contribution < 1.29 is 13.2 Å². The molecule has 1 amide bonds. The Morgan fingerprint density at radius 3 is 2.58 bits per heavy atom. The molecule has 1 fully saturated rings. The van der Waals surface area contributed by atoms with Crippen LogP contribution in [0.25, 0.3) is 0 Å². The fraction of sp³-hybridized carbons (Fsp3) is 0.417. The molecule has 1 aliphatic heterocycles. The first kappa shape index (κ1) is 14.3. The van der Waals surface area contributed by atoms with Gasteiger partial charge in [-0.25, -0.2) is 8.42 Å². The van der Waals surface area contributed by atoms with E-state index in [0.29, 0.717) is 24.4 Å². The van der Waals surface area contributed by atoms with Crippen LogP contribution in [0.5, 0.6) is 0 Å². The first-order chi connectivity index (χ1) is 8.96. The van der Waals surface area contributed by atoms with E-state index in [2.05, 4.69) is 5.32 Å². The van der Waals surface area contributed by atoms with Crippen molar-refractivity contribution in [3.8, 4) is 0 Å². The summed E-state index contributed by atoms with van der Waals surface area (Å²) in [5, 5.41) is 2.98. The molecule has 0 aromatic heterocycles. The largest absolute Gasteiger partial charge is 0.358 e. The minimum Gasteiger partial charge on any atom is -0.358 e. The van der Waals surface area contributed by atoms with E-state index in [1.165, 1.54) is 35.6 Å². The molecular formula is C12H15ClN2O3S. The molecule has 7 heteroatoms. The molecule has 0 radical (unpaired) electrons. The van der Waals surface area contributed by atoms with E-state index in [1.54, 1.807) is 0 Å². The van der Waals surface area contributed by atoms with Crippen molar-refractivity contribution >= 4 is 27.5 Å². The minimum atomic E-state index is -3.65. The minimum absolute atomic E-state index is 0.160. The van der Waals surface area contributed by atoms with Gasteiger partial charge in [-0.3, -0.25) is 4.79 Å². The summed E-state index contributed by atoms with van der Waals surface area (Å²) in [5.74, 6) is -0.268. The smallest absolute Gasteiger partial charge is 0.243 e. The van der Waals surface area contributed by atoms with E-state index in [9.17, 15) is 13.2 Å². The van der Waals surface area contributed by atoms with Crippen LogP contribution >= 0.6 is 11.6 Å². The molecule has 0 spiro atoms. The second-order valence-electron chi connectivity index (χ2n) is 4.34. The lowest BCUT2D eigenvalue weighted by Gasteiger charge is -2.22. The molecule has 0 aliphatic carbocycles. The Bertz CT molecular complexity index is 571. The number of sulfonamides is 1. The molecule has 1 aliphatic rings. The lowest BCUT2D eigenvalue weighted by Crippen LogP contribution is -2.44. The molecule has 1 aromatic carbocycles. The summed E-state index contributed by atoms with van der Waals surface area (Å²) in [5.41, 5.74) is 0. The topological polar surface area (TPSA) is 66.5 Å². The summed E-state index contributed by atoms with van der Waals surface area (Å²) in [6.45, 7) is 0.364. The molecular weight excluding hydrogens is 288 g/mol. The number of rotatable bonds is 3. The van der Waals surface area contributed by atoms with Gasteiger partial charge < -0.3 is 5.32 Å². The van der Waals surface area contributed by atoms with E-state index in [1.807, 2.05) is 0 Å². The van der Waals surface area contributed by atoms with Crippen molar-refractivity contribution in [3.63, 3.8) is 0 Å². The van der Waals surface area contributed by atoms with Crippen LogP contribution in [0.3, 0.4) is 0 Å². The third kappa shape index (κ3) is 2.75. The number of nitrogens with zero attached hydrogens (tertiary/aromatic N) is 1. The normalized spacial score (nSPS) is 20.4. The summed E-state index contributed by atoms with van der Waals surface area (Å²) >= 11 is 5.75. The maximum atomic E-state index is 12.5. The Balaban J connectivity index is 2.33. The SMILES string of the molecule is CNC(=O)[C@H]1CCCN1S(=O)(=O)c1ccc(Cl)cc1. The average Bonchev–Trinajstić information content (AvgIpc) is 2.88. The average molecular weight is 303 g/mol. The van der Waals surface area contributed by atoms with Crippen LogP contribution in [0, 0.1) is 0 Å². The zero-order valence-corrected chi connectivity index (χ0v) is 12.0. The lowest BCUT2D eigenvalue weighted by molar-refractivity contribution is -0.123. The molecule has 0 saturated carbocycles. The zero-order chi connectivity index (χ0) is 14.0. The van der Waals surface area contributed by atoms with Crippen molar-refractivity contribution in [2.75, 3.05) is 13.6 Å². The Morgan fingerprint density at radius 2 is 2.00 bits per heavy atom. The maximum Gasteiger partial charge on any atom is 0.243 e. The highest BCUT2D eigenvalue weighted by Gasteiger charge is 2.38. The predicted octanol–water partition coefficient (Wildman–Crippen LogP) is 1.24. The van der Waals surface area contributed by atoms with Crippen molar-refractivity contribution in [1.29, 1.82) is 0 Å². The molecule has 0 unspecified atom stereocenters. The van der Waals surface area contributed by atoms with Crippen LogP contribution in [0.1, 0.15) is 12.8 Å².